The molecule has 2 aromatic carbocycles. The molecule has 2 heterocycles. The van der Waals surface area contributed by atoms with E-state index in [2.05, 4.69) is 20.4 Å². The Bertz CT molecular complexity index is 1160. The molecule has 4 rings (SSSR count). The number of H-pyrrole nitrogens is 1. The van der Waals surface area contributed by atoms with Crippen LogP contribution in [0, 0.1) is 6.92 Å². The monoisotopic (exact) mass is 401 g/mol. The van der Waals surface area contributed by atoms with E-state index in [-0.39, 0.29) is 11.9 Å². The summed E-state index contributed by atoms with van der Waals surface area (Å²) in [5, 5.41) is 7.37. The lowest BCUT2D eigenvalue weighted by atomic mass is 10.2. The number of rotatable bonds is 6. The second-order valence-electron chi connectivity index (χ2n) is 7.06. The molecule has 0 aliphatic heterocycles. The summed E-state index contributed by atoms with van der Waals surface area (Å²) >= 11 is 0. The van der Waals surface area contributed by atoms with Gasteiger partial charge in [-0.3, -0.25) is 4.79 Å². The molecular weight excluding hydrogens is 378 g/mol. The van der Waals surface area contributed by atoms with Crippen molar-refractivity contribution in [3.05, 3.63) is 84.1 Å². The Balaban J connectivity index is 1.49. The van der Waals surface area contributed by atoms with Gasteiger partial charge in [0.1, 0.15) is 17.3 Å². The van der Waals surface area contributed by atoms with Crippen molar-refractivity contribution in [1.82, 2.24) is 25.1 Å². The van der Waals surface area contributed by atoms with Crippen LogP contribution >= 0.6 is 0 Å². The van der Waals surface area contributed by atoms with Crippen LogP contribution in [0.1, 0.15) is 34.8 Å². The Morgan fingerprint density at radius 1 is 1.17 bits per heavy atom. The molecule has 7 heteroatoms. The number of ether oxygens (including phenoxy) is 1. The number of aryl methyl sites for hydroxylation is 1. The van der Waals surface area contributed by atoms with Crippen molar-refractivity contribution in [2.24, 2.45) is 0 Å². The zero-order chi connectivity index (χ0) is 21.1. The van der Waals surface area contributed by atoms with Gasteiger partial charge in [-0.05, 0) is 43.2 Å². The van der Waals surface area contributed by atoms with Gasteiger partial charge >= 0.3 is 0 Å². The molecule has 4 aromatic rings. The van der Waals surface area contributed by atoms with Crippen molar-refractivity contribution in [1.29, 1.82) is 0 Å². The fourth-order valence-electron chi connectivity index (χ4n) is 3.22. The maximum absolute atomic E-state index is 12.7. The van der Waals surface area contributed by atoms with E-state index in [4.69, 9.17) is 4.74 Å². The lowest BCUT2D eigenvalue weighted by Crippen LogP contribution is -2.27. The second kappa shape index (κ2) is 8.24. The molecule has 2 aromatic heterocycles. The molecule has 0 fully saturated rings. The third-order valence-corrected chi connectivity index (χ3v) is 4.84. The summed E-state index contributed by atoms with van der Waals surface area (Å²) in [4.78, 5) is 20.4. The molecule has 1 unspecified atom stereocenters. The summed E-state index contributed by atoms with van der Waals surface area (Å²) in [5.74, 6) is 1.10. The van der Waals surface area contributed by atoms with Gasteiger partial charge in [0.25, 0.3) is 5.91 Å². The maximum Gasteiger partial charge on any atom is 0.272 e. The standard InChI is InChI=1S/C23H23N5O2/c1-15-9-10-21(30-3)20(13-15)28-12-11-18(27-28)23(29)25-16(2)22-24-14-19(26-22)17-7-5-4-6-8-17/h4-14,16H,1-3H3,(H,24,26)(H,25,29). The molecule has 0 spiro atoms. The molecular formula is C23H23N5O2. The van der Waals surface area contributed by atoms with Gasteiger partial charge in [-0.25, -0.2) is 9.67 Å². The van der Waals surface area contributed by atoms with Crippen LogP contribution in [0.25, 0.3) is 16.9 Å². The van der Waals surface area contributed by atoms with Gasteiger partial charge in [0.15, 0.2) is 5.69 Å². The van der Waals surface area contributed by atoms with Crippen molar-refractivity contribution >= 4 is 5.91 Å². The van der Waals surface area contributed by atoms with Crippen LogP contribution in [0.15, 0.2) is 67.0 Å². The fraction of sp³-hybridized carbons (Fsp3) is 0.174. The Labute approximate surface area is 174 Å². The number of amides is 1. The van der Waals surface area contributed by atoms with Crippen LogP contribution in [-0.2, 0) is 0 Å². The average molecular weight is 401 g/mol. The fourth-order valence-corrected chi connectivity index (χ4v) is 3.22. The summed E-state index contributed by atoms with van der Waals surface area (Å²) in [6.07, 6.45) is 3.52. The summed E-state index contributed by atoms with van der Waals surface area (Å²) in [6, 6.07) is 17.1. The first-order chi connectivity index (χ1) is 14.5. The number of carbonyl (C=O) groups excluding carboxylic acids is 1. The molecule has 30 heavy (non-hydrogen) atoms. The second-order valence-corrected chi connectivity index (χ2v) is 7.06. The van der Waals surface area contributed by atoms with E-state index in [1.54, 1.807) is 30.3 Å². The average Bonchev–Trinajstić information content (AvgIpc) is 3.44. The van der Waals surface area contributed by atoms with E-state index in [0.29, 0.717) is 17.3 Å². The molecule has 0 saturated carbocycles. The summed E-state index contributed by atoms with van der Waals surface area (Å²) in [5.41, 5.74) is 4.12. The molecule has 2 N–H and O–H groups in total. The van der Waals surface area contributed by atoms with E-state index in [1.165, 1.54) is 0 Å². The molecule has 7 nitrogen and oxygen atoms in total. The molecule has 0 bridgehead atoms. The Morgan fingerprint density at radius 3 is 2.73 bits per heavy atom. The first-order valence-electron chi connectivity index (χ1n) is 9.67. The molecule has 0 saturated heterocycles. The summed E-state index contributed by atoms with van der Waals surface area (Å²) < 4.78 is 7.06. The summed E-state index contributed by atoms with van der Waals surface area (Å²) in [6.45, 7) is 3.88. The number of imidazole rings is 1. The summed E-state index contributed by atoms with van der Waals surface area (Å²) in [7, 11) is 1.61. The molecule has 0 aliphatic carbocycles. The SMILES string of the molecule is COc1ccc(C)cc1-n1ccc(C(=O)NC(C)c2ncc(-c3ccccc3)[nH]2)n1. The minimum Gasteiger partial charge on any atom is -0.494 e. The predicted molar refractivity (Wildman–Crippen MR) is 115 cm³/mol. The first kappa shape index (κ1) is 19.4. The van der Waals surface area contributed by atoms with Crippen molar-refractivity contribution in [2.45, 2.75) is 19.9 Å². The van der Waals surface area contributed by atoms with Crippen LogP contribution in [0.2, 0.25) is 0 Å². The van der Waals surface area contributed by atoms with Gasteiger partial charge in [0.2, 0.25) is 0 Å². The Kier molecular flexibility index (Phi) is 5.34. The van der Waals surface area contributed by atoms with E-state index in [0.717, 1.165) is 22.5 Å². The maximum atomic E-state index is 12.7. The van der Waals surface area contributed by atoms with Gasteiger partial charge < -0.3 is 15.0 Å². The molecule has 0 aliphatic rings. The Hall–Kier alpha value is -3.87. The number of hydrogen-bond donors (Lipinski definition) is 2. The highest BCUT2D eigenvalue weighted by Crippen LogP contribution is 2.24. The van der Waals surface area contributed by atoms with Crippen LogP contribution < -0.4 is 10.1 Å². The highest BCUT2D eigenvalue weighted by Gasteiger charge is 2.17. The van der Waals surface area contributed by atoms with Crippen molar-refractivity contribution in [3.63, 3.8) is 0 Å². The zero-order valence-electron chi connectivity index (χ0n) is 17.1. The van der Waals surface area contributed by atoms with Gasteiger partial charge in [-0.15, -0.1) is 0 Å². The number of nitrogens with one attached hydrogen (secondary N) is 2. The lowest BCUT2D eigenvalue weighted by Gasteiger charge is -2.11. The Morgan fingerprint density at radius 2 is 1.97 bits per heavy atom. The number of hydrogen-bond acceptors (Lipinski definition) is 4. The zero-order valence-corrected chi connectivity index (χ0v) is 17.1. The van der Waals surface area contributed by atoms with Gasteiger partial charge in [0.05, 0.1) is 25.0 Å². The van der Waals surface area contributed by atoms with E-state index >= 15 is 0 Å². The van der Waals surface area contributed by atoms with Crippen molar-refractivity contribution in [3.8, 4) is 22.7 Å². The van der Waals surface area contributed by atoms with E-state index in [9.17, 15) is 4.79 Å². The van der Waals surface area contributed by atoms with Gasteiger partial charge in [-0.1, -0.05) is 36.4 Å². The van der Waals surface area contributed by atoms with Crippen LogP contribution in [-0.4, -0.2) is 32.8 Å². The largest absolute Gasteiger partial charge is 0.494 e. The predicted octanol–water partition coefficient (Wildman–Crippen LogP) is 4.07. The molecule has 1 atom stereocenters. The third kappa shape index (κ3) is 3.96. The normalized spacial score (nSPS) is 11.8. The first-order valence-corrected chi connectivity index (χ1v) is 9.67. The number of carbonyl (C=O) groups is 1. The number of benzene rings is 2. The topological polar surface area (TPSA) is 84.8 Å². The van der Waals surface area contributed by atoms with E-state index < -0.39 is 0 Å². The van der Waals surface area contributed by atoms with Crippen LogP contribution in [0.5, 0.6) is 5.75 Å². The molecule has 152 valence electrons. The number of methoxy groups -OCH3 is 1. The smallest absolute Gasteiger partial charge is 0.272 e. The molecule has 0 radical (unpaired) electrons. The number of aromatic amines is 1. The van der Waals surface area contributed by atoms with Gasteiger partial charge in [-0.2, -0.15) is 5.10 Å². The number of aromatic nitrogens is 4. The lowest BCUT2D eigenvalue weighted by molar-refractivity contribution is 0.0933. The van der Waals surface area contributed by atoms with Gasteiger partial charge in [0, 0.05) is 6.20 Å². The minimum absolute atomic E-state index is 0.273. The van der Waals surface area contributed by atoms with Crippen LogP contribution in [0.3, 0.4) is 0 Å². The quantitative estimate of drug-likeness (QED) is 0.510. The minimum atomic E-state index is -0.298. The van der Waals surface area contributed by atoms with E-state index in [1.807, 2.05) is 62.4 Å². The van der Waals surface area contributed by atoms with Crippen molar-refractivity contribution in [2.75, 3.05) is 7.11 Å². The van der Waals surface area contributed by atoms with Crippen LogP contribution in [0.4, 0.5) is 0 Å². The third-order valence-electron chi connectivity index (χ3n) is 4.84. The number of nitrogens with zero attached hydrogens (tertiary/aromatic N) is 3. The van der Waals surface area contributed by atoms with Crippen molar-refractivity contribution < 1.29 is 9.53 Å². The highest BCUT2D eigenvalue weighted by atomic mass is 16.5. The highest BCUT2D eigenvalue weighted by molar-refractivity contribution is 5.92. The molecule has 1 amide bonds.